The average molecular weight is 630 g/mol. The SMILES string of the molecule is O=P(O)(O)CN(CCCCCCN(CP(=O)(O)O)CP(=O)(O)O)CP(=O)(O)O.[Na].[Na].[Na].[Na].[Na].[Na]. The zero-order valence-electron chi connectivity index (χ0n) is 21.0. The van der Waals surface area contributed by atoms with Gasteiger partial charge in [-0.15, -0.1) is 0 Å². The summed E-state index contributed by atoms with van der Waals surface area (Å²) in [7, 11) is -18.0. The van der Waals surface area contributed by atoms with Gasteiger partial charge in [0.15, 0.2) is 0 Å². The summed E-state index contributed by atoms with van der Waals surface area (Å²) < 4.78 is 44.1. The molecule has 0 fully saturated rings. The Kier molecular flexibility index (Phi) is 44.9. The first-order chi connectivity index (χ1) is 12.4. The molecule has 0 unspecified atom stereocenters. The third-order valence-electron chi connectivity index (χ3n) is 3.24. The summed E-state index contributed by atoms with van der Waals surface area (Å²) in [6.07, 6.45) is -1.55. The van der Waals surface area contributed by atoms with Gasteiger partial charge in [-0.1, -0.05) is 12.8 Å². The van der Waals surface area contributed by atoms with Gasteiger partial charge in [-0.25, -0.2) is 0 Å². The fourth-order valence-electron chi connectivity index (χ4n) is 2.44. The van der Waals surface area contributed by atoms with Gasteiger partial charge in [-0.2, -0.15) is 0 Å². The van der Waals surface area contributed by atoms with E-state index in [1.54, 1.807) is 0 Å². The molecule has 0 bridgehead atoms. The van der Waals surface area contributed by atoms with E-state index in [0.29, 0.717) is 25.7 Å². The predicted molar refractivity (Wildman–Crippen MR) is 134 cm³/mol. The van der Waals surface area contributed by atoms with Gasteiger partial charge < -0.3 is 39.1 Å². The van der Waals surface area contributed by atoms with Crippen LogP contribution in [-0.2, 0) is 18.3 Å². The van der Waals surface area contributed by atoms with E-state index in [4.69, 9.17) is 39.1 Å². The summed E-state index contributed by atoms with van der Waals surface area (Å²) in [6.45, 7) is 0.0375. The van der Waals surface area contributed by atoms with Crippen molar-refractivity contribution in [3.05, 3.63) is 0 Å². The quantitative estimate of drug-likeness (QED) is 0.0527. The van der Waals surface area contributed by atoms with Crippen LogP contribution in [0, 0.1) is 0 Å². The molecule has 0 aromatic carbocycles. The van der Waals surface area contributed by atoms with E-state index in [2.05, 4.69) is 0 Å². The fourth-order valence-corrected chi connectivity index (χ4v) is 5.80. The molecule has 0 atom stereocenters. The normalized spacial score (nSPS) is 11.7. The van der Waals surface area contributed by atoms with Crippen molar-refractivity contribution in [1.29, 1.82) is 0 Å². The third kappa shape index (κ3) is 43.0. The molecule has 0 rings (SSSR count). The zero-order chi connectivity index (χ0) is 22.2. The number of hydrogen-bond acceptors (Lipinski definition) is 6. The molecule has 0 aromatic heterocycles. The molecule has 0 aromatic rings. The molecular weight excluding hydrogens is 602 g/mol. The standard InChI is InChI=1S/C10H28N2O12P4.6Na/c13-25(14,15)7-11(8-26(16,17)18)5-3-1-2-4-6-12(9-27(19,20)21)10-28(22,23)24;;;;;;/h1-10H2,(H2,13,14,15)(H2,16,17,18)(H2,19,20,21)(H2,22,23,24);;;;;;. The molecule has 0 aliphatic carbocycles. The molecule has 0 saturated heterocycles. The molecule has 14 nitrogen and oxygen atoms in total. The molecule has 176 valence electrons. The van der Waals surface area contributed by atoms with Crippen LogP contribution in [-0.4, -0.2) is 265 Å². The van der Waals surface area contributed by atoms with Gasteiger partial charge in [0, 0.05) is 177 Å². The first-order valence-corrected chi connectivity index (χ1v) is 15.2. The summed E-state index contributed by atoms with van der Waals surface area (Å²) in [4.78, 5) is 73.6. The maximum Gasteiger partial charge on any atom is 0.339 e. The molecule has 0 aliphatic rings. The van der Waals surface area contributed by atoms with Crippen molar-refractivity contribution in [2.24, 2.45) is 0 Å². The summed E-state index contributed by atoms with van der Waals surface area (Å²) in [5.74, 6) is 0. The minimum atomic E-state index is -4.49. The van der Waals surface area contributed by atoms with E-state index in [1.807, 2.05) is 0 Å². The van der Waals surface area contributed by atoms with Crippen LogP contribution in [0.25, 0.3) is 0 Å². The van der Waals surface area contributed by atoms with E-state index >= 15 is 0 Å². The topological polar surface area (TPSA) is 237 Å². The molecule has 0 aliphatic heterocycles. The number of nitrogens with zero attached hydrogens (tertiary/aromatic N) is 2. The summed E-state index contributed by atoms with van der Waals surface area (Å²) in [5, 5.41) is 0. The molecule has 24 heteroatoms. The Morgan fingerprint density at radius 3 is 0.706 bits per heavy atom. The van der Waals surface area contributed by atoms with Gasteiger partial charge in [-0.3, -0.25) is 28.1 Å². The molecular formula is C10H28N2Na6O12P4. The van der Waals surface area contributed by atoms with Crippen LogP contribution >= 0.6 is 30.4 Å². The Balaban J connectivity index is -0.000000243. The fraction of sp³-hybridized carbons (Fsp3) is 1.00. The summed E-state index contributed by atoms with van der Waals surface area (Å²) in [5.41, 5.74) is 0. The average Bonchev–Trinajstić information content (AvgIpc) is 2.34. The first-order valence-electron chi connectivity index (χ1n) is 7.99. The van der Waals surface area contributed by atoms with E-state index in [1.165, 1.54) is 0 Å². The van der Waals surface area contributed by atoms with Crippen LogP contribution in [0.4, 0.5) is 0 Å². The Labute approximate surface area is 332 Å². The van der Waals surface area contributed by atoms with Crippen LogP contribution in [0.5, 0.6) is 0 Å². The van der Waals surface area contributed by atoms with Gasteiger partial charge in [-0.05, 0) is 25.9 Å². The van der Waals surface area contributed by atoms with Crippen molar-refractivity contribution >= 4 is 208 Å². The molecule has 8 N–H and O–H groups in total. The van der Waals surface area contributed by atoms with E-state index in [-0.39, 0.29) is 190 Å². The van der Waals surface area contributed by atoms with Crippen molar-refractivity contribution in [2.75, 3.05) is 38.2 Å². The van der Waals surface area contributed by atoms with Crippen molar-refractivity contribution in [3.63, 3.8) is 0 Å². The van der Waals surface area contributed by atoms with Gasteiger partial charge in [0.2, 0.25) is 0 Å². The Morgan fingerprint density at radius 1 is 0.382 bits per heavy atom. The second kappa shape index (κ2) is 27.1. The van der Waals surface area contributed by atoms with Crippen molar-refractivity contribution in [1.82, 2.24) is 9.80 Å². The van der Waals surface area contributed by atoms with Crippen LogP contribution in [0.2, 0.25) is 0 Å². The van der Waals surface area contributed by atoms with Crippen LogP contribution in [0.3, 0.4) is 0 Å². The van der Waals surface area contributed by atoms with Crippen molar-refractivity contribution in [2.45, 2.75) is 25.7 Å². The van der Waals surface area contributed by atoms with Gasteiger partial charge in [0.1, 0.15) is 25.1 Å². The monoisotopic (exact) mass is 630 g/mol. The first kappa shape index (κ1) is 56.3. The maximum atomic E-state index is 11.0. The molecule has 0 spiro atoms. The number of hydrogen-bond donors (Lipinski definition) is 8. The second-order valence-corrected chi connectivity index (χ2v) is 12.9. The molecule has 0 saturated carbocycles. The second-order valence-electron chi connectivity index (χ2n) is 6.43. The number of rotatable bonds is 15. The van der Waals surface area contributed by atoms with Gasteiger partial charge >= 0.3 is 30.4 Å². The van der Waals surface area contributed by atoms with Gasteiger partial charge in [0.05, 0.1) is 0 Å². The van der Waals surface area contributed by atoms with E-state index in [0.717, 1.165) is 9.80 Å². The van der Waals surface area contributed by atoms with Gasteiger partial charge in [0.25, 0.3) is 0 Å². The minimum Gasteiger partial charge on any atom is -0.324 e. The van der Waals surface area contributed by atoms with Crippen molar-refractivity contribution < 1.29 is 57.4 Å². The van der Waals surface area contributed by atoms with Crippen LogP contribution in [0.15, 0.2) is 0 Å². The Bertz CT molecular complexity index is 570. The van der Waals surface area contributed by atoms with Crippen LogP contribution in [0.1, 0.15) is 25.7 Å². The van der Waals surface area contributed by atoms with Crippen LogP contribution < -0.4 is 0 Å². The van der Waals surface area contributed by atoms with Crippen molar-refractivity contribution in [3.8, 4) is 0 Å². The molecule has 0 amide bonds. The molecule has 6 radical (unpaired) electrons. The summed E-state index contributed by atoms with van der Waals surface area (Å²) in [6, 6.07) is 0. The molecule has 34 heavy (non-hydrogen) atoms. The maximum absolute atomic E-state index is 11.0. The Morgan fingerprint density at radius 2 is 0.559 bits per heavy atom. The predicted octanol–water partition coefficient (Wildman–Crippen LogP) is -2.59. The van der Waals surface area contributed by atoms with E-state index in [9.17, 15) is 18.3 Å². The number of unbranched alkanes of at least 4 members (excludes halogenated alkanes) is 3. The van der Waals surface area contributed by atoms with E-state index < -0.39 is 55.5 Å². The zero-order valence-corrected chi connectivity index (χ0v) is 36.5. The minimum absolute atomic E-state index is 0. The summed E-state index contributed by atoms with van der Waals surface area (Å²) >= 11 is 0. The Hall–Kier alpha value is 6.52. The largest absolute Gasteiger partial charge is 0.339 e. The smallest absolute Gasteiger partial charge is 0.324 e. The molecule has 0 heterocycles. The third-order valence-corrected chi connectivity index (χ3v) is 6.31.